The van der Waals surface area contributed by atoms with Gasteiger partial charge in [0.1, 0.15) is 10.8 Å². The number of benzene rings is 2. The van der Waals surface area contributed by atoms with E-state index >= 15 is 0 Å². The lowest BCUT2D eigenvalue weighted by atomic mass is 10.0. The van der Waals surface area contributed by atoms with Crippen LogP contribution < -0.4 is 4.74 Å². The SMILES string of the molecule is COc1cccc(-c2nc(CC(=O)N3CCc4[nH]c5ccccc5c4C3)cs2)c1. The molecule has 1 amide bonds. The molecule has 0 radical (unpaired) electrons. The number of ether oxygens (including phenoxy) is 1. The van der Waals surface area contributed by atoms with Crippen molar-refractivity contribution in [3.05, 3.63) is 70.9 Å². The number of thiazole rings is 1. The lowest BCUT2D eigenvalue weighted by Crippen LogP contribution is -2.36. The van der Waals surface area contributed by atoms with Crippen LogP contribution >= 0.6 is 11.3 Å². The van der Waals surface area contributed by atoms with Crippen molar-refractivity contribution >= 4 is 28.1 Å². The highest BCUT2D eigenvalue weighted by Gasteiger charge is 2.24. The normalized spacial score (nSPS) is 13.5. The molecule has 2 aromatic carbocycles. The Bertz CT molecular complexity index is 1190. The van der Waals surface area contributed by atoms with Crippen LogP contribution in [0.25, 0.3) is 21.5 Å². The van der Waals surface area contributed by atoms with Crippen LogP contribution in [0.2, 0.25) is 0 Å². The molecule has 3 heterocycles. The number of nitrogens with one attached hydrogen (secondary N) is 1. The average molecular weight is 404 g/mol. The van der Waals surface area contributed by atoms with Crippen molar-refractivity contribution in [3.8, 4) is 16.3 Å². The first-order valence-corrected chi connectivity index (χ1v) is 10.5. The molecule has 2 aromatic heterocycles. The fraction of sp³-hybridized carbons (Fsp3) is 0.217. The highest BCUT2D eigenvalue weighted by molar-refractivity contribution is 7.13. The zero-order chi connectivity index (χ0) is 19.8. The van der Waals surface area contributed by atoms with E-state index in [1.54, 1.807) is 18.4 Å². The van der Waals surface area contributed by atoms with Gasteiger partial charge >= 0.3 is 0 Å². The number of aromatic nitrogens is 2. The first kappa shape index (κ1) is 17.9. The molecule has 5 nitrogen and oxygen atoms in total. The molecule has 0 unspecified atom stereocenters. The number of aromatic amines is 1. The van der Waals surface area contributed by atoms with Crippen molar-refractivity contribution in [1.29, 1.82) is 0 Å². The number of fused-ring (bicyclic) bond motifs is 3. The van der Waals surface area contributed by atoms with Crippen molar-refractivity contribution in [2.24, 2.45) is 0 Å². The lowest BCUT2D eigenvalue weighted by Gasteiger charge is -2.27. The minimum Gasteiger partial charge on any atom is -0.497 e. The molecule has 0 saturated carbocycles. The van der Waals surface area contributed by atoms with Crippen LogP contribution in [0.5, 0.6) is 5.75 Å². The number of amides is 1. The number of methoxy groups -OCH3 is 1. The van der Waals surface area contributed by atoms with E-state index in [0.717, 1.165) is 40.5 Å². The van der Waals surface area contributed by atoms with Gasteiger partial charge in [0.25, 0.3) is 0 Å². The maximum absolute atomic E-state index is 12.9. The molecule has 1 aliphatic heterocycles. The first-order valence-electron chi connectivity index (χ1n) is 9.66. The fourth-order valence-electron chi connectivity index (χ4n) is 3.92. The van der Waals surface area contributed by atoms with Gasteiger partial charge in [0.2, 0.25) is 5.91 Å². The quantitative estimate of drug-likeness (QED) is 0.548. The fourth-order valence-corrected chi connectivity index (χ4v) is 4.74. The molecule has 0 saturated heterocycles. The van der Waals surface area contributed by atoms with E-state index in [1.807, 2.05) is 46.7 Å². The second-order valence-electron chi connectivity index (χ2n) is 7.25. The molecule has 0 spiro atoms. The monoisotopic (exact) mass is 403 g/mol. The van der Waals surface area contributed by atoms with Crippen LogP contribution in [0.15, 0.2) is 53.9 Å². The highest BCUT2D eigenvalue weighted by atomic mass is 32.1. The van der Waals surface area contributed by atoms with Gasteiger partial charge in [-0.15, -0.1) is 11.3 Å². The van der Waals surface area contributed by atoms with Gasteiger partial charge in [0, 0.05) is 52.6 Å². The van der Waals surface area contributed by atoms with Gasteiger partial charge in [-0.2, -0.15) is 0 Å². The summed E-state index contributed by atoms with van der Waals surface area (Å²) in [6.07, 6.45) is 1.19. The lowest BCUT2D eigenvalue weighted by molar-refractivity contribution is -0.131. The number of H-pyrrole nitrogens is 1. The van der Waals surface area contributed by atoms with E-state index in [9.17, 15) is 4.79 Å². The predicted octanol–water partition coefficient (Wildman–Crippen LogP) is 4.43. The van der Waals surface area contributed by atoms with Crippen LogP contribution in [-0.4, -0.2) is 34.4 Å². The van der Waals surface area contributed by atoms with E-state index in [0.29, 0.717) is 13.0 Å². The molecule has 4 aromatic rings. The van der Waals surface area contributed by atoms with Crippen molar-refractivity contribution in [2.75, 3.05) is 13.7 Å². The Hall–Kier alpha value is -3.12. The molecular formula is C23H21N3O2S. The van der Waals surface area contributed by atoms with Crippen LogP contribution in [0.4, 0.5) is 0 Å². The van der Waals surface area contributed by atoms with E-state index in [4.69, 9.17) is 4.74 Å². The van der Waals surface area contributed by atoms with Gasteiger partial charge in [0.05, 0.1) is 19.2 Å². The zero-order valence-corrected chi connectivity index (χ0v) is 17.0. The van der Waals surface area contributed by atoms with E-state index in [1.165, 1.54) is 16.6 Å². The van der Waals surface area contributed by atoms with E-state index in [2.05, 4.69) is 22.1 Å². The molecule has 0 fully saturated rings. The Kier molecular flexibility index (Phi) is 4.56. The maximum atomic E-state index is 12.9. The molecule has 0 bridgehead atoms. The number of nitrogens with zero attached hydrogens (tertiary/aromatic N) is 2. The van der Waals surface area contributed by atoms with Crippen molar-refractivity contribution in [3.63, 3.8) is 0 Å². The van der Waals surface area contributed by atoms with Crippen LogP contribution in [0.3, 0.4) is 0 Å². The minimum atomic E-state index is 0.128. The van der Waals surface area contributed by atoms with Crippen molar-refractivity contribution < 1.29 is 9.53 Å². The van der Waals surface area contributed by atoms with Gasteiger partial charge in [0.15, 0.2) is 0 Å². The van der Waals surface area contributed by atoms with Crippen molar-refractivity contribution in [2.45, 2.75) is 19.4 Å². The minimum absolute atomic E-state index is 0.128. The van der Waals surface area contributed by atoms with Gasteiger partial charge in [-0.3, -0.25) is 4.79 Å². The van der Waals surface area contributed by atoms with Crippen LogP contribution in [0.1, 0.15) is 17.0 Å². The molecule has 146 valence electrons. The van der Waals surface area contributed by atoms with Crippen molar-refractivity contribution in [1.82, 2.24) is 14.9 Å². The smallest absolute Gasteiger partial charge is 0.228 e. The topological polar surface area (TPSA) is 58.2 Å². The molecular weight excluding hydrogens is 382 g/mol. The van der Waals surface area contributed by atoms with Gasteiger partial charge in [-0.1, -0.05) is 30.3 Å². The summed E-state index contributed by atoms with van der Waals surface area (Å²) in [5.74, 6) is 0.932. The number of hydrogen-bond donors (Lipinski definition) is 1. The predicted molar refractivity (Wildman–Crippen MR) is 115 cm³/mol. The molecule has 1 N–H and O–H groups in total. The second kappa shape index (κ2) is 7.37. The average Bonchev–Trinajstić information content (AvgIpc) is 3.37. The van der Waals surface area contributed by atoms with Gasteiger partial charge in [-0.05, 0) is 18.2 Å². The molecule has 29 heavy (non-hydrogen) atoms. The van der Waals surface area contributed by atoms with Gasteiger partial charge in [-0.25, -0.2) is 4.98 Å². The molecule has 0 atom stereocenters. The maximum Gasteiger partial charge on any atom is 0.228 e. The van der Waals surface area contributed by atoms with E-state index < -0.39 is 0 Å². The molecule has 1 aliphatic rings. The summed E-state index contributed by atoms with van der Waals surface area (Å²) in [6, 6.07) is 16.1. The summed E-state index contributed by atoms with van der Waals surface area (Å²) in [7, 11) is 1.66. The summed E-state index contributed by atoms with van der Waals surface area (Å²) >= 11 is 1.56. The Balaban J connectivity index is 1.32. The number of hydrogen-bond acceptors (Lipinski definition) is 4. The summed E-state index contributed by atoms with van der Waals surface area (Å²) in [4.78, 5) is 23.1. The van der Waals surface area contributed by atoms with E-state index in [-0.39, 0.29) is 5.91 Å². The first-order chi connectivity index (χ1) is 14.2. The molecule has 0 aliphatic carbocycles. The third-order valence-electron chi connectivity index (χ3n) is 5.44. The largest absolute Gasteiger partial charge is 0.497 e. The second-order valence-corrected chi connectivity index (χ2v) is 8.10. The summed E-state index contributed by atoms with van der Waals surface area (Å²) < 4.78 is 5.29. The third-order valence-corrected chi connectivity index (χ3v) is 6.38. The summed E-state index contributed by atoms with van der Waals surface area (Å²) in [5.41, 5.74) is 5.48. The Labute approximate surface area is 173 Å². The summed E-state index contributed by atoms with van der Waals surface area (Å²) in [5, 5.41) is 4.10. The summed E-state index contributed by atoms with van der Waals surface area (Å²) in [6.45, 7) is 1.40. The van der Waals surface area contributed by atoms with Crippen LogP contribution in [0, 0.1) is 0 Å². The standard InChI is InChI=1S/C23H21N3O2S/c1-28-17-6-4-5-15(11-17)23-24-16(14-29-23)12-22(27)26-10-9-21-19(13-26)18-7-2-3-8-20(18)25-21/h2-8,11,14,25H,9-10,12-13H2,1H3. The Morgan fingerprint density at radius 1 is 1.24 bits per heavy atom. The number of para-hydroxylation sites is 1. The van der Waals surface area contributed by atoms with Crippen LogP contribution in [-0.2, 0) is 24.2 Å². The number of carbonyl (C=O) groups is 1. The number of rotatable bonds is 4. The Morgan fingerprint density at radius 2 is 2.14 bits per heavy atom. The zero-order valence-electron chi connectivity index (χ0n) is 16.1. The molecule has 5 rings (SSSR count). The Morgan fingerprint density at radius 3 is 3.03 bits per heavy atom. The highest BCUT2D eigenvalue weighted by Crippen LogP contribution is 2.29. The third kappa shape index (κ3) is 3.40. The van der Waals surface area contributed by atoms with Gasteiger partial charge < -0.3 is 14.6 Å². The molecule has 6 heteroatoms. The number of carbonyl (C=O) groups excluding carboxylic acids is 1.